The van der Waals surface area contributed by atoms with Gasteiger partial charge in [0, 0.05) is 25.3 Å². The first-order valence-electron chi connectivity index (χ1n) is 20.7. The zero-order chi connectivity index (χ0) is 49.6. The van der Waals surface area contributed by atoms with Crippen LogP contribution in [0.25, 0.3) is 0 Å². The number of nitrogens with one attached hydrogen (secondary N) is 6. The van der Waals surface area contributed by atoms with Crippen LogP contribution < -0.4 is 31.9 Å². The summed E-state index contributed by atoms with van der Waals surface area (Å²) in [5.41, 5.74) is -1.06. The molecule has 0 bridgehead atoms. The lowest BCUT2D eigenvalue weighted by atomic mass is 9.85. The van der Waals surface area contributed by atoms with Gasteiger partial charge >= 0.3 is 18.1 Å². The molecule has 0 aromatic heterocycles. The van der Waals surface area contributed by atoms with Crippen LogP contribution in [0.5, 0.6) is 0 Å². The molecule has 6 amide bonds. The number of alkyl halides is 3. The Kier molecular flexibility index (Phi) is 19.8. The highest BCUT2D eigenvalue weighted by Crippen LogP contribution is 2.25. The number of carboxylic acid groups (broad SMARTS) is 2. The fourth-order valence-electron chi connectivity index (χ4n) is 6.60. The van der Waals surface area contributed by atoms with Crippen molar-refractivity contribution in [1.29, 1.82) is 0 Å². The van der Waals surface area contributed by atoms with E-state index in [0.717, 1.165) is 6.08 Å². The van der Waals surface area contributed by atoms with Crippen LogP contribution in [0, 0.1) is 18.3 Å². The van der Waals surface area contributed by atoms with Crippen molar-refractivity contribution in [3.63, 3.8) is 0 Å². The van der Waals surface area contributed by atoms with Gasteiger partial charge in [-0.25, -0.2) is 0 Å². The summed E-state index contributed by atoms with van der Waals surface area (Å²) in [6.07, 6.45) is -8.42. The number of carboxylic acids is 2. The lowest BCUT2D eigenvalue weighted by molar-refractivity contribution is -0.147. The summed E-state index contributed by atoms with van der Waals surface area (Å²) >= 11 is 0. The molecular weight excluding hydrogens is 865 g/mol. The third-order valence-electron chi connectivity index (χ3n) is 9.80. The van der Waals surface area contributed by atoms with Gasteiger partial charge in [0.05, 0.1) is 18.9 Å². The molecule has 0 unspecified atom stereocenters. The molecule has 1 aliphatic heterocycles. The van der Waals surface area contributed by atoms with E-state index in [-0.39, 0.29) is 31.5 Å². The molecule has 0 fully saturated rings. The molecule has 1 aromatic rings. The lowest BCUT2D eigenvalue weighted by Gasteiger charge is -2.34. The van der Waals surface area contributed by atoms with Crippen LogP contribution in [-0.2, 0) is 59.1 Å². The number of hydrogen-bond donors (Lipinski definition) is 8. The maximum atomic E-state index is 14.3. The highest BCUT2D eigenvalue weighted by molar-refractivity contribution is 6.04. The quantitative estimate of drug-likeness (QED) is 0.0726. The molecule has 0 saturated carbocycles. The van der Waals surface area contributed by atoms with Gasteiger partial charge in [-0.15, -0.1) is 0 Å². The lowest BCUT2D eigenvalue weighted by Crippen LogP contribution is -2.62. The minimum absolute atomic E-state index is 0.0751. The van der Waals surface area contributed by atoms with Crippen molar-refractivity contribution < 1.29 is 76.1 Å². The van der Waals surface area contributed by atoms with Gasteiger partial charge in [0.15, 0.2) is 11.5 Å². The molecule has 1 heterocycles. The standard InChI is InChI=1S/C43H59F3N6O13/c1-22(2)15-28(36(60)47-25(21-53)19-43(44,45)46)51-40(64)34(41(4,5)6)52-38(62)29(16-24-12-10-9-11-23(24)3)49-35(59)27(13-14-32(55)56)48-37(61)30(18-33(57)58)50-39(63)31-17-26(54)20-42(7,8)65-31/h9-12,17,21-22,25,27-30,34H,13-16,18-20H2,1-8H3,(H,47,60)(H,48,61)(H,49,59)(H,50,63)(H,51,64)(H,52,62)(H,55,56)(H,57,58)/t25-,27-,28-,29-,30-,34+/m0/s1. The average Bonchev–Trinajstić information content (AvgIpc) is 3.15. The molecule has 65 heavy (non-hydrogen) atoms. The first-order chi connectivity index (χ1) is 29.9. The minimum Gasteiger partial charge on any atom is -0.482 e. The monoisotopic (exact) mass is 924 g/mol. The molecule has 1 aromatic carbocycles. The third-order valence-corrected chi connectivity index (χ3v) is 9.80. The molecule has 0 saturated heterocycles. The van der Waals surface area contributed by atoms with Gasteiger partial charge in [-0.3, -0.25) is 43.2 Å². The fraction of sp³-hybridized carbons (Fsp3) is 0.581. The molecule has 8 N–H and O–H groups in total. The Balaban J connectivity index is 2.49. The van der Waals surface area contributed by atoms with Crippen molar-refractivity contribution in [3.05, 3.63) is 47.2 Å². The number of aldehydes is 1. The Labute approximate surface area is 373 Å². The first-order valence-corrected chi connectivity index (χ1v) is 20.7. The van der Waals surface area contributed by atoms with Crippen molar-refractivity contribution in [2.45, 2.75) is 148 Å². The topological polar surface area (TPSA) is 293 Å². The number of rotatable bonds is 23. The number of ketones is 1. The van der Waals surface area contributed by atoms with E-state index < -0.39 is 138 Å². The third kappa shape index (κ3) is 19.1. The summed E-state index contributed by atoms with van der Waals surface area (Å²) in [5.74, 6) is -10.8. The van der Waals surface area contributed by atoms with Crippen LogP contribution in [0.3, 0.4) is 0 Å². The van der Waals surface area contributed by atoms with Crippen LogP contribution in [0.1, 0.15) is 98.1 Å². The molecule has 22 heteroatoms. The highest BCUT2D eigenvalue weighted by Gasteiger charge is 2.40. The minimum atomic E-state index is -4.80. The summed E-state index contributed by atoms with van der Waals surface area (Å²) in [6, 6.07) is -3.43. The van der Waals surface area contributed by atoms with Crippen LogP contribution in [0.2, 0.25) is 0 Å². The number of allylic oxidation sites excluding steroid dienone is 1. The molecule has 0 radical (unpaired) electrons. The molecule has 6 atom stereocenters. The van der Waals surface area contributed by atoms with E-state index in [4.69, 9.17) is 4.74 Å². The Morgan fingerprint density at radius 1 is 0.785 bits per heavy atom. The van der Waals surface area contributed by atoms with E-state index in [1.54, 1.807) is 65.8 Å². The smallest absolute Gasteiger partial charge is 0.391 e. The van der Waals surface area contributed by atoms with Crippen LogP contribution in [0.4, 0.5) is 13.2 Å². The Morgan fingerprint density at radius 3 is 1.86 bits per heavy atom. The number of carbonyl (C=O) groups is 10. The molecular formula is C43H59F3N6O13. The van der Waals surface area contributed by atoms with Gasteiger partial charge in [-0.2, -0.15) is 13.2 Å². The van der Waals surface area contributed by atoms with Crippen molar-refractivity contribution >= 4 is 59.5 Å². The van der Waals surface area contributed by atoms with Crippen LogP contribution in [-0.4, -0.2) is 118 Å². The molecule has 19 nitrogen and oxygen atoms in total. The zero-order valence-electron chi connectivity index (χ0n) is 37.5. The largest absolute Gasteiger partial charge is 0.482 e. The van der Waals surface area contributed by atoms with E-state index >= 15 is 0 Å². The van der Waals surface area contributed by atoms with Gasteiger partial charge in [-0.1, -0.05) is 58.9 Å². The zero-order valence-corrected chi connectivity index (χ0v) is 37.5. The number of benzene rings is 1. The number of aliphatic carboxylic acids is 2. The maximum absolute atomic E-state index is 14.3. The first kappa shape index (κ1) is 54.8. The molecule has 0 aliphatic carbocycles. The van der Waals surface area contributed by atoms with Crippen LogP contribution >= 0.6 is 0 Å². The summed E-state index contributed by atoms with van der Waals surface area (Å²) in [7, 11) is 0. The second-order valence-electron chi connectivity index (χ2n) is 17.9. The van der Waals surface area contributed by atoms with Gasteiger partial charge in [-0.05, 0) is 56.1 Å². The Bertz CT molecular complexity index is 2000. The van der Waals surface area contributed by atoms with Crippen molar-refractivity contribution in [3.8, 4) is 0 Å². The van der Waals surface area contributed by atoms with E-state index in [0.29, 0.717) is 11.1 Å². The number of carbonyl (C=O) groups excluding carboxylic acids is 8. The molecule has 0 spiro atoms. The molecule has 360 valence electrons. The van der Waals surface area contributed by atoms with Crippen molar-refractivity contribution in [2.75, 3.05) is 0 Å². The normalized spacial score (nSPS) is 16.4. The van der Waals surface area contributed by atoms with Crippen molar-refractivity contribution in [2.24, 2.45) is 11.3 Å². The Hall–Kier alpha value is -6.35. The number of hydrogen-bond acceptors (Lipinski definition) is 11. The maximum Gasteiger partial charge on any atom is 0.391 e. The number of aryl methyl sites for hydroxylation is 1. The summed E-state index contributed by atoms with van der Waals surface area (Å²) < 4.78 is 44.7. The van der Waals surface area contributed by atoms with E-state index in [9.17, 15) is 71.3 Å². The predicted octanol–water partition coefficient (Wildman–Crippen LogP) is 1.68. The second kappa shape index (κ2) is 23.5. The molecule has 2 rings (SSSR count). The molecule has 1 aliphatic rings. The fourth-order valence-corrected chi connectivity index (χ4v) is 6.60. The summed E-state index contributed by atoms with van der Waals surface area (Å²) in [5, 5.41) is 33.0. The van der Waals surface area contributed by atoms with Gasteiger partial charge in [0.1, 0.15) is 42.1 Å². The number of amides is 6. The second-order valence-corrected chi connectivity index (χ2v) is 17.9. The summed E-state index contributed by atoms with van der Waals surface area (Å²) in [4.78, 5) is 129. The van der Waals surface area contributed by atoms with Gasteiger partial charge in [0.25, 0.3) is 5.91 Å². The number of halogens is 3. The van der Waals surface area contributed by atoms with E-state index in [2.05, 4.69) is 26.6 Å². The van der Waals surface area contributed by atoms with E-state index in [1.165, 1.54) is 13.8 Å². The van der Waals surface area contributed by atoms with E-state index in [1.807, 2.05) is 5.32 Å². The van der Waals surface area contributed by atoms with Gasteiger partial charge < -0.3 is 51.6 Å². The highest BCUT2D eigenvalue weighted by atomic mass is 19.4. The predicted molar refractivity (Wildman–Crippen MR) is 224 cm³/mol. The Morgan fingerprint density at radius 2 is 1.34 bits per heavy atom. The summed E-state index contributed by atoms with van der Waals surface area (Å²) in [6.45, 7) is 12.7. The average molecular weight is 925 g/mol. The SMILES string of the molecule is Cc1ccccc1C[C@H](NC(=O)[C@H](CCC(=O)O)NC(=O)[C@H](CC(=O)O)NC(=O)C1=CC(=O)CC(C)(C)O1)C(=O)N[C@H](C(=O)N[C@@H](CC(C)C)C(=O)N[C@H](C=O)CC(F)(F)F)C(C)(C)C. The van der Waals surface area contributed by atoms with Crippen molar-refractivity contribution in [1.82, 2.24) is 31.9 Å². The van der Waals surface area contributed by atoms with Gasteiger partial charge in [0.2, 0.25) is 29.5 Å². The number of ether oxygens (including phenoxy) is 1. The van der Waals surface area contributed by atoms with Crippen LogP contribution in [0.15, 0.2) is 36.1 Å².